The van der Waals surface area contributed by atoms with E-state index in [4.69, 9.17) is 4.98 Å². The Hall–Kier alpha value is -1.59. The lowest BCUT2D eigenvalue weighted by atomic mass is 9.97. The van der Waals surface area contributed by atoms with Crippen molar-refractivity contribution in [2.24, 2.45) is 0 Å². The van der Waals surface area contributed by atoms with Gasteiger partial charge in [-0.15, -0.1) is 11.3 Å². The summed E-state index contributed by atoms with van der Waals surface area (Å²) in [6.07, 6.45) is 6.67. The first-order valence-electron chi connectivity index (χ1n) is 9.49. The summed E-state index contributed by atoms with van der Waals surface area (Å²) in [6, 6.07) is 10.4. The molecular formula is C21H24N2OS2. The molecule has 0 amide bonds. The quantitative estimate of drug-likeness (QED) is 0.420. The van der Waals surface area contributed by atoms with Crippen molar-refractivity contribution >= 4 is 33.3 Å². The zero-order valence-corrected chi connectivity index (χ0v) is 16.8. The topological polar surface area (TPSA) is 34.9 Å². The van der Waals surface area contributed by atoms with Gasteiger partial charge in [-0.05, 0) is 43.2 Å². The zero-order valence-electron chi connectivity index (χ0n) is 15.2. The van der Waals surface area contributed by atoms with E-state index in [1.165, 1.54) is 28.8 Å². The fourth-order valence-corrected chi connectivity index (χ4v) is 5.85. The molecule has 0 bridgehead atoms. The Bertz CT molecular complexity index is 960. The Morgan fingerprint density at radius 3 is 2.81 bits per heavy atom. The standard InChI is InChI=1S/C21H24N2OS2/c1-2-3-13-23-20(24)18-16-11-7-8-12-17(16)26-19(18)22-21(23)25-14-15-9-5-4-6-10-15/h4-6,9-10H,2-3,7-8,11-14H2,1H3. The second-order valence-corrected chi connectivity index (χ2v) is 8.90. The molecule has 3 aromatic rings. The summed E-state index contributed by atoms with van der Waals surface area (Å²) in [5.41, 5.74) is 2.73. The second-order valence-electron chi connectivity index (χ2n) is 6.87. The fraction of sp³-hybridized carbons (Fsp3) is 0.429. The zero-order chi connectivity index (χ0) is 17.9. The molecule has 0 aliphatic heterocycles. The lowest BCUT2D eigenvalue weighted by Gasteiger charge is -2.13. The molecule has 0 saturated heterocycles. The number of thioether (sulfide) groups is 1. The highest BCUT2D eigenvalue weighted by Crippen LogP contribution is 2.35. The first-order chi connectivity index (χ1) is 12.8. The minimum atomic E-state index is 0.179. The van der Waals surface area contributed by atoms with Crippen LogP contribution in [0.25, 0.3) is 10.2 Å². The van der Waals surface area contributed by atoms with Crippen LogP contribution < -0.4 is 5.56 Å². The van der Waals surface area contributed by atoms with E-state index in [0.717, 1.165) is 53.4 Å². The molecule has 136 valence electrons. The molecule has 3 nitrogen and oxygen atoms in total. The molecule has 1 aliphatic rings. The van der Waals surface area contributed by atoms with Crippen LogP contribution in [0.3, 0.4) is 0 Å². The predicted molar refractivity (Wildman–Crippen MR) is 111 cm³/mol. The van der Waals surface area contributed by atoms with E-state index in [0.29, 0.717) is 0 Å². The van der Waals surface area contributed by atoms with Crippen molar-refractivity contribution in [1.29, 1.82) is 0 Å². The summed E-state index contributed by atoms with van der Waals surface area (Å²) in [7, 11) is 0. The van der Waals surface area contributed by atoms with Gasteiger partial charge >= 0.3 is 0 Å². The highest BCUT2D eigenvalue weighted by Gasteiger charge is 2.22. The van der Waals surface area contributed by atoms with Gasteiger partial charge in [0.1, 0.15) is 4.83 Å². The predicted octanol–water partition coefficient (Wildman–Crippen LogP) is 5.43. The van der Waals surface area contributed by atoms with E-state index in [-0.39, 0.29) is 5.56 Å². The molecule has 1 aromatic carbocycles. The van der Waals surface area contributed by atoms with Gasteiger partial charge in [-0.3, -0.25) is 9.36 Å². The van der Waals surface area contributed by atoms with E-state index in [2.05, 4.69) is 31.2 Å². The lowest BCUT2D eigenvalue weighted by molar-refractivity contribution is 0.557. The number of unbranched alkanes of at least 4 members (excludes halogenated alkanes) is 1. The number of thiophene rings is 1. The van der Waals surface area contributed by atoms with E-state index in [1.54, 1.807) is 23.1 Å². The summed E-state index contributed by atoms with van der Waals surface area (Å²) in [4.78, 5) is 20.6. The van der Waals surface area contributed by atoms with Gasteiger partial charge in [0.15, 0.2) is 5.16 Å². The van der Waals surface area contributed by atoms with Crippen LogP contribution in [0.15, 0.2) is 40.3 Å². The van der Waals surface area contributed by atoms with Crippen LogP contribution in [0.2, 0.25) is 0 Å². The lowest BCUT2D eigenvalue weighted by Crippen LogP contribution is -2.24. The number of aromatic nitrogens is 2. The van der Waals surface area contributed by atoms with E-state index >= 15 is 0 Å². The van der Waals surface area contributed by atoms with Crippen LogP contribution in [0.5, 0.6) is 0 Å². The van der Waals surface area contributed by atoms with Gasteiger partial charge in [0, 0.05) is 17.2 Å². The van der Waals surface area contributed by atoms with Crippen molar-refractivity contribution in [1.82, 2.24) is 9.55 Å². The van der Waals surface area contributed by atoms with Crippen molar-refractivity contribution in [3.63, 3.8) is 0 Å². The normalized spacial score (nSPS) is 13.9. The third kappa shape index (κ3) is 3.47. The largest absolute Gasteiger partial charge is 0.287 e. The third-order valence-electron chi connectivity index (χ3n) is 4.99. The molecular weight excluding hydrogens is 360 g/mol. The van der Waals surface area contributed by atoms with E-state index in [1.807, 2.05) is 10.6 Å². The Morgan fingerprint density at radius 2 is 2.00 bits per heavy atom. The van der Waals surface area contributed by atoms with Gasteiger partial charge < -0.3 is 0 Å². The van der Waals surface area contributed by atoms with Crippen LogP contribution in [-0.4, -0.2) is 9.55 Å². The third-order valence-corrected chi connectivity index (χ3v) is 7.22. The number of hydrogen-bond acceptors (Lipinski definition) is 4. The van der Waals surface area contributed by atoms with Crippen molar-refractivity contribution in [2.75, 3.05) is 0 Å². The van der Waals surface area contributed by atoms with Crippen molar-refractivity contribution in [3.05, 3.63) is 56.7 Å². The molecule has 0 fully saturated rings. The van der Waals surface area contributed by atoms with Gasteiger partial charge in [0.05, 0.1) is 5.39 Å². The minimum Gasteiger partial charge on any atom is -0.287 e. The van der Waals surface area contributed by atoms with Gasteiger partial charge in [-0.2, -0.15) is 0 Å². The average Bonchev–Trinajstić information content (AvgIpc) is 3.05. The van der Waals surface area contributed by atoms with Crippen molar-refractivity contribution < 1.29 is 0 Å². The Labute approximate surface area is 162 Å². The average molecular weight is 385 g/mol. The van der Waals surface area contributed by atoms with Crippen LogP contribution >= 0.6 is 23.1 Å². The molecule has 26 heavy (non-hydrogen) atoms. The van der Waals surface area contributed by atoms with Crippen LogP contribution in [0, 0.1) is 0 Å². The number of rotatable bonds is 6. The van der Waals surface area contributed by atoms with Crippen LogP contribution in [0.4, 0.5) is 0 Å². The molecule has 0 saturated carbocycles. The van der Waals surface area contributed by atoms with Gasteiger partial charge in [0.25, 0.3) is 5.56 Å². The number of benzene rings is 1. The summed E-state index contributed by atoms with van der Waals surface area (Å²) in [6.45, 7) is 2.93. The van der Waals surface area contributed by atoms with Gasteiger partial charge in [-0.1, -0.05) is 55.4 Å². The molecule has 1 aliphatic carbocycles. The molecule has 4 rings (SSSR count). The van der Waals surface area contributed by atoms with E-state index < -0.39 is 0 Å². The Morgan fingerprint density at radius 1 is 1.19 bits per heavy atom. The molecule has 2 aromatic heterocycles. The van der Waals surface area contributed by atoms with Gasteiger partial charge in [-0.25, -0.2) is 4.98 Å². The summed E-state index contributed by atoms with van der Waals surface area (Å²) < 4.78 is 1.93. The summed E-state index contributed by atoms with van der Waals surface area (Å²) >= 11 is 3.43. The maximum atomic E-state index is 13.3. The first-order valence-corrected chi connectivity index (χ1v) is 11.3. The smallest absolute Gasteiger partial charge is 0.263 e. The van der Waals surface area contributed by atoms with Gasteiger partial charge in [0.2, 0.25) is 0 Å². The number of hydrogen-bond donors (Lipinski definition) is 0. The number of nitrogens with zero attached hydrogens (tertiary/aromatic N) is 2. The monoisotopic (exact) mass is 384 g/mol. The number of aryl methyl sites for hydroxylation is 2. The minimum absolute atomic E-state index is 0.179. The van der Waals surface area contributed by atoms with Crippen LogP contribution in [-0.2, 0) is 25.1 Å². The van der Waals surface area contributed by atoms with Crippen LogP contribution in [0.1, 0.15) is 48.6 Å². The fourth-order valence-electron chi connectivity index (χ4n) is 3.57. The Balaban J connectivity index is 1.76. The number of fused-ring (bicyclic) bond motifs is 3. The molecule has 2 heterocycles. The SMILES string of the molecule is CCCCn1c(SCc2ccccc2)nc2sc3c(c2c1=O)CCCC3. The second kappa shape index (κ2) is 7.97. The van der Waals surface area contributed by atoms with Crippen molar-refractivity contribution in [2.45, 2.75) is 62.9 Å². The molecule has 0 atom stereocenters. The maximum Gasteiger partial charge on any atom is 0.263 e. The molecule has 0 spiro atoms. The molecule has 0 unspecified atom stereocenters. The summed E-state index contributed by atoms with van der Waals surface area (Å²) in [5, 5.41) is 1.78. The highest BCUT2D eigenvalue weighted by molar-refractivity contribution is 7.98. The molecule has 5 heteroatoms. The Kier molecular flexibility index (Phi) is 5.46. The van der Waals surface area contributed by atoms with E-state index in [9.17, 15) is 4.79 Å². The molecule has 0 radical (unpaired) electrons. The highest BCUT2D eigenvalue weighted by atomic mass is 32.2. The maximum absolute atomic E-state index is 13.3. The first kappa shape index (κ1) is 17.8. The molecule has 0 N–H and O–H groups in total. The van der Waals surface area contributed by atoms with Crippen molar-refractivity contribution in [3.8, 4) is 0 Å². The summed E-state index contributed by atoms with van der Waals surface area (Å²) in [5.74, 6) is 0.843.